The minimum Gasteiger partial charge on any atom is -0.288 e. The van der Waals surface area contributed by atoms with Crippen LogP contribution in [0.25, 0.3) is 0 Å². The molecule has 0 amide bonds. The first kappa shape index (κ1) is 10.6. The molecule has 0 aromatic carbocycles. The molecule has 0 aromatic heterocycles. The lowest BCUT2D eigenvalue weighted by Crippen LogP contribution is -1.72. The van der Waals surface area contributed by atoms with Gasteiger partial charge in [-0.05, 0) is 12.5 Å². The number of halogens is 1. The Labute approximate surface area is 58.6 Å². The van der Waals surface area contributed by atoms with E-state index in [9.17, 15) is 0 Å². The third-order valence-corrected chi connectivity index (χ3v) is 2.11. The molecule has 0 unspecified atom stereocenters. The largest absolute Gasteiger partial charge is 0.288 e. The van der Waals surface area contributed by atoms with Crippen molar-refractivity contribution in [1.29, 1.82) is 5.41 Å². The molecule has 0 fully saturated rings. The van der Waals surface area contributed by atoms with Crippen molar-refractivity contribution in [3.05, 3.63) is 0 Å². The van der Waals surface area contributed by atoms with Gasteiger partial charge in [0, 0.05) is 0 Å². The molecule has 0 heterocycles. The maximum absolute atomic E-state index is 6.91. The van der Waals surface area contributed by atoms with Gasteiger partial charge in [0.05, 0.1) is 0 Å². The van der Waals surface area contributed by atoms with Gasteiger partial charge in [-0.15, -0.1) is 35.9 Å². The summed E-state index contributed by atoms with van der Waals surface area (Å²) in [4.78, 5) is 0. The van der Waals surface area contributed by atoms with E-state index in [4.69, 9.17) is 5.41 Å². The summed E-state index contributed by atoms with van der Waals surface area (Å²) in [6, 6.07) is 0. The molecule has 0 aliphatic carbocycles. The predicted octanol–water partition coefficient (Wildman–Crippen LogP) is 2.07. The molecule has 0 spiro atoms. The molecule has 0 aliphatic heterocycles. The van der Waals surface area contributed by atoms with Crippen LogP contribution >= 0.6 is 35.9 Å². The monoisotopic (exact) mass is 157 g/mol. The van der Waals surface area contributed by atoms with Gasteiger partial charge in [0.2, 0.25) is 0 Å². The van der Waals surface area contributed by atoms with Crippen LogP contribution in [-0.4, -0.2) is 16.9 Å². The first-order valence-electron chi connectivity index (χ1n) is 1.47. The van der Waals surface area contributed by atoms with Gasteiger partial charge in [-0.1, -0.05) is 0 Å². The molecule has 1 N–H and O–H groups in total. The fourth-order valence-electron chi connectivity index (χ4n) is 0.0833. The molecule has 4 heteroatoms. The quantitative estimate of drug-likeness (QED) is 0.430. The van der Waals surface area contributed by atoms with Gasteiger partial charge in [0.25, 0.3) is 0 Å². The van der Waals surface area contributed by atoms with E-state index in [1.807, 2.05) is 12.5 Å². The molecular weight excluding hydrogens is 150 g/mol. The normalized spacial score (nSPS) is 7.14. The first-order chi connectivity index (χ1) is 2.81. The molecular formula is C3H8ClNS2. The first-order valence-corrected chi connectivity index (χ1v) is 3.92. The lowest BCUT2D eigenvalue weighted by molar-refractivity contribution is 1.59. The summed E-state index contributed by atoms with van der Waals surface area (Å²) < 4.78 is 0.676. The Kier molecular flexibility index (Phi) is 10.1. The number of rotatable bonds is 0. The zero-order valence-corrected chi connectivity index (χ0v) is 6.67. The average molecular weight is 158 g/mol. The standard InChI is InChI=1S/C3H7NS2.ClH/c1-5-3(4)6-2;/h4H,1-2H3;1H. The van der Waals surface area contributed by atoms with Crippen molar-refractivity contribution < 1.29 is 0 Å². The summed E-state index contributed by atoms with van der Waals surface area (Å²) >= 11 is 2.94. The van der Waals surface area contributed by atoms with Gasteiger partial charge in [0.1, 0.15) is 4.38 Å². The SMILES string of the molecule is CSC(=N)SC.Cl. The molecule has 1 nitrogen and oxygen atoms in total. The summed E-state index contributed by atoms with van der Waals surface area (Å²) in [5.41, 5.74) is 0. The Morgan fingerprint density at radius 1 is 1.29 bits per heavy atom. The van der Waals surface area contributed by atoms with E-state index in [1.165, 1.54) is 23.5 Å². The van der Waals surface area contributed by atoms with E-state index < -0.39 is 0 Å². The van der Waals surface area contributed by atoms with Gasteiger partial charge in [-0.25, -0.2) is 0 Å². The summed E-state index contributed by atoms with van der Waals surface area (Å²) in [5.74, 6) is 0. The Morgan fingerprint density at radius 3 is 1.57 bits per heavy atom. The Bertz CT molecular complexity index is 50.9. The number of hydrogen-bond acceptors (Lipinski definition) is 3. The van der Waals surface area contributed by atoms with Gasteiger partial charge in [0.15, 0.2) is 0 Å². The second kappa shape index (κ2) is 6.66. The maximum atomic E-state index is 6.91. The molecule has 0 bridgehead atoms. The van der Waals surface area contributed by atoms with Crippen LogP contribution in [0.1, 0.15) is 0 Å². The van der Waals surface area contributed by atoms with E-state index in [1.54, 1.807) is 0 Å². The summed E-state index contributed by atoms with van der Waals surface area (Å²) in [7, 11) is 0. The van der Waals surface area contributed by atoms with Crippen molar-refractivity contribution >= 4 is 40.3 Å². The highest BCUT2D eigenvalue weighted by Gasteiger charge is 1.82. The van der Waals surface area contributed by atoms with Crippen molar-refractivity contribution in [2.24, 2.45) is 0 Å². The third kappa shape index (κ3) is 6.66. The molecule has 7 heavy (non-hydrogen) atoms. The van der Waals surface area contributed by atoms with Crippen molar-refractivity contribution in [2.45, 2.75) is 0 Å². The van der Waals surface area contributed by atoms with Crippen molar-refractivity contribution in [2.75, 3.05) is 12.5 Å². The van der Waals surface area contributed by atoms with Crippen LogP contribution in [0, 0.1) is 5.41 Å². The smallest absolute Gasteiger partial charge is 0.121 e. The minimum atomic E-state index is 0. The van der Waals surface area contributed by atoms with Gasteiger partial charge >= 0.3 is 0 Å². The van der Waals surface area contributed by atoms with Gasteiger partial charge in [-0.2, -0.15) is 0 Å². The fourth-order valence-corrected chi connectivity index (χ4v) is 0.750. The van der Waals surface area contributed by atoms with Crippen LogP contribution in [0.4, 0.5) is 0 Å². The maximum Gasteiger partial charge on any atom is 0.121 e. The van der Waals surface area contributed by atoms with Crippen LogP contribution in [0.2, 0.25) is 0 Å². The van der Waals surface area contributed by atoms with Gasteiger partial charge < -0.3 is 0 Å². The predicted molar refractivity (Wildman–Crippen MR) is 42.0 cm³/mol. The van der Waals surface area contributed by atoms with E-state index >= 15 is 0 Å². The lowest BCUT2D eigenvalue weighted by Gasteiger charge is -1.85. The summed E-state index contributed by atoms with van der Waals surface area (Å²) in [6.45, 7) is 0. The summed E-state index contributed by atoms with van der Waals surface area (Å²) in [6.07, 6.45) is 3.80. The van der Waals surface area contributed by atoms with E-state index in [2.05, 4.69) is 0 Å². The van der Waals surface area contributed by atoms with E-state index in [0.717, 1.165) is 0 Å². The number of hydrogen-bond donors (Lipinski definition) is 1. The van der Waals surface area contributed by atoms with Crippen LogP contribution in [0.5, 0.6) is 0 Å². The van der Waals surface area contributed by atoms with Crippen molar-refractivity contribution in [3.8, 4) is 0 Å². The second-order valence-corrected chi connectivity index (χ2v) is 2.59. The highest BCUT2D eigenvalue weighted by Crippen LogP contribution is 2.06. The highest BCUT2D eigenvalue weighted by atomic mass is 35.5. The average Bonchev–Trinajstić information content (AvgIpc) is 1.65. The van der Waals surface area contributed by atoms with Crippen LogP contribution in [-0.2, 0) is 0 Å². The number of nitrogens with one attached hydrogen (secondary N) is 1. The zero-order valence-electron chi connectivity index (χ0n) is 4.22. The van der Waals surface area contributed by atoms with Crippen LogP contribution in [0.3, 0.4) is 0 Å². The molecule has 0 rings (SSSR count). The van der Waals surface area contributed by atoms with Crippen molar-refractivity contribution in [3.63, 3.8) is 0 Å². The van der Waals surface area contributed by atoms with Crippen molar-refractivity contribution in [1.82, 2.24) is 0 Å². The molecule has 0 radical (unpaired) electrons. The second-order valence-electron chi connectivity index (χ2n) is 0.696. The van der Waals surface area contributed by atoms with Gasteiger partial charge in [-0.3, -0.25) is 5.41 Å². The molecule has 0 saturated heterocycles. The highest BCUT2D eigenvalue weighted by molar-refractivity contribution is 8.38. The molecule has 0 aliphatic rings. The van der Waals surface area contributed by atoms with E-state index in [-0.39, 0.29) is 12.4 Å². The Morgan fingerprint density at radius 2 is 1.57 bits per heavy atom. The Hall–Kier alpha value is 0.660. The molecule has 0 saturated carbocycles. The molecule has 44 valence electrons. The lowest BCUT2D eigenvalue weighted by atomic mass is 11.7. The third-order valence-electron chi connectivity index (χ3n) is 0.371. The van der Waals surface area contributed by atoms with Crippen LogP contribution in [0.15, 0.2) is 0 Å². The number of thioether (sulfide) groups is 2. The van der Waals surface area contributed by atoms with E-state index in [0.29, 0.717) is 4.38 Å². The molecule has 0 aromatic rings. The fraction of sp³-hybridized carbons (Fsp3) is 0.667. The van der Waals surface area contributed by atoms with Crippen LogP contribution < -0.4 is 0 Å². The topological polar surface area (TPSA) is 23.9 Å². The molecule has 0 atom stereocenters. The zero-order chi connectivity index (χ0) is 4.99. The Balaban J connectivity index is 0. The minimum absolute atomic E-state index is 0. The summed E-state index contributed by atoms with van der Waals surface area (Å²) in [5, 5.41) is 6.91.